The van der Waals surface area contributed by atoms with Gasteiger partial charge in [-0.05, 0) is 49.3 Å². The molecule has 0 bridgehead atoms. The van der Waals surface area contributed by atoms with Crippen LogP contribution in [0.3, 0.4) is 0 Å². The second-order valence-electron chi connectivity index (χ2n) is 7.72. The first kappa shape index (κ1) is 19.1. The van der Waals surface area contributed by atoms with Gasteiger partial charge in [0, 0.05) is 19.1 Å². The van der Waals surface area contributed by atoms with Gasteiger partial charge in [-0.15, -0.1) is 12.4 Å². The number of carboxylic acid groups (broad SMARTS) is 1. The molecule has 26 heavy (non-hydrogen) atoms. The largest absolute Gasteiger partial charge is 0.481 e. The average Bonchev–Trinajstić information content (AvgIpc) is 3.16. The Balaban J connectivity index is 0.00000196. The van der Waals surface area contributed by atoms with E-state index in [2.05, 4.69) is 5.32 Å². The maximum atomic E-state index is 13.3. The van der Waals surface area contributed by atoms with Crippen LogP contribution in [0.25, 0.3) is 0 Å². The SMILES string of the molecule is Cl.O=C(NC1CC1)C(c1ccc(F)cc1)N1C[C@@H]2CCC[C@@]2(C(=O)O)C1. The molecule has 3 atom stereocenters. The molecule has 2 saturated carbocycles. The predicted molar refractivity (Wildman–Crippen MR) is 96.5 cm³/mol. The lowest BCUT2D eigenvalue weighted by molar-refractivity contribution is -0.149. The molecule has 7 heteroatoms. The van der Waals surface area contributed by atoms with Crippen LogP contribution in [0.1, 0.15) is 43.7 Å². The van der Waals surface area contributed by atoms with Crippen molar-refractivity contribution in [3.8, 4) is 0 Å². The van der Waals surface area contributed by atoms with Gasteiger partial charge in [-0.25, -0.2) is 4.39 Å². The summed E-state index contributed by atoms with van der Waals surface area (Å²) in [6.45, 7) is 0.986. The number of nitrogens with one attached hydrogen (secondary N) is 1. The number of benzene rings is 1. The predicted octanol–water partition coefficient (Wildman–Crippen LogP) is 2.75. The highest BCUT2D eigenvalue weighted by Gasteiger charge is 2.56. The number of likely N-dealkylation sites (tertiary alicyclic amines) is 1. The van der Waals surface area contributed by atoms with E-state index in [0.717, 1.165) is 31.2 Å². The van der Waals surface area contributed by atoms with Crippen molar-refractivity contribution >= 4 is 24.3 Å². The molecule has 0 aromatic heterocycles. The molecule has 1 aliphatic heterocycles. The first-order valence-corrected chi connectivity index (χ1v) is 9.03. The molecular formula is C19H24ClFN2O3. The Hall–Kier alpha value is -1.66. The Morgan fingerprint density at radius 1 is 1.23 bits per heavy atom. The van der Waals surface area contributed by atoms with Gasteiger partial charge in [0.15, 0.2) is 0 Å². The van der Waals surface area contributed by atoms with Crippen LogP contribution in [0.5, 0.6) is 0 Å². The van der Waals surface area contributed by atoms with E-state index in [0.29, 0.717) is 19.5 Å². The molecule has 2 aliphatic carbocycles. The van der Waals surface area contributed by atoms with Crippen molar-refractivity contribution < 1.29 is 19.1 Å². The van der Waals surface area contributed by atoms with Gasteiger partial charge in [0.2, 0.25) is 5.91 Å². The van der Waals surface area contributed by atoms with Crippen LogP contribution in [0.4, 0.5) is 4.39 Å². The average molecular weight is 383 g/mol. The van der Waals surface area contributed by atoms with Crippen LogP contribution in [0.15, 0.2) is 24.3 Å². The van der Waals surface area contributed by atoms with Crippen molar-refractivity contribution in [1.82, 2.24) is 10.2 Å². The molecule has 3 fully saturated rings. The number of aliphatic carboxylic acids is 1. The minimum Gasteiger partial charge on any atom is -0.481 e. The zero-order chi connectivity index (χ0) is 17.6. The third-order valence-electron chi connectivity index (χ3n) is 6.05. The molecule has 0 radical (unpaired) electrons. The number of nitrogens with zero attached hydrogens (tertiary/aromatic N) is 1. The summed E-state index contributed by atoms with van der Waals surface area (Å²) in [6.07, 6.45) is 4.47. The lowest BCUT2D eigenvalue weighted by Crippen LogP contribution is -2.42. The van der Waals surface area contributed by atoms with E-state index in [-0.39, 0.29) is 36.1 Å². The van der Waals surface area contributed by atoms with Gasteiger partial charge in [-0.3, -0.25) is 14.5 Å². The Bertz CT molecular complexity index is 695. The van der Waals surface area contributed by atoms with Crippen molar-refractivity contribution in [2.75, 3.05) is 13.1 Å². The first-order valence-electron chi connectivity index (χ1n) is 9.03. The summed E-state index contributed by atoms with van der Waals surface area (Å²) in [4.78, 5) is 26.8. The second kappa shape index (κ2) is 7.16. The number of hydrogen-bond acceptors (Lipinski definition) is 3. The van der Waals surface area contributed by atoms with E-state index in [9.17, 15) is 19.1 Å². The quantitative estimate of drug-likeness (QED) is 0.821. The number of carbonyl (C=O) groups excluding carboxylic acids is 1. The number of carboxylic acids is 1. The van der Waals surface area contributed by atoms with Crippen LogP contribution >= 0.6 is 12.4 Å². The van der Waals surface area contributed by atoms with Gasteiger partial charge < -0.3 is 10.4 Å². The summed E-state index contributed by atoms with van der Waals surface area (Å²) in [5, 5.41) is 12.8. The minimum absolute atomic E-state index is 0. The van der Waals surface area contributed by atoms with Crippen LogP contribution in [-0.4, -0.2) is 41.0 Å². The van der Waals surface area contributed by atoms with Crippen molar-refractivity contribution in [1.29, 1.82) is 0 Å². The van der Waals surface area contributed by atoms with E-state index in [1.165, 1.54) is 12.1 Å². The summed E-state index contributed by atoms with van der Waals surface area (Å²) < 4.78 is 13.3. The number of fused-ring (bicyclic) bond motifs is 1. The molecule has 2 N–H and O–H groups in total. The Morgan fingerprint density at radius 3 is 2.50 bits per heavy atom. The number of amides is 1. The van der Waals surface area contributed by atoms with Crippen molar-refractivity contribution in [3.63, 3.8) is 0 Å². The zero-order valence-corrected chi connectivity index (χ0v) is 15.3. The third kappa shape index (κ3) is 3.32. The van der Waals surface area contributed by atoms with Gasteiger partial charge >= 0.3 is 5.97 Å². The van der Waals surface area contributed by atoms with E-state index in [4.69, 9.17) is 0 Å². The van der Waals surface area contributed by atoms with E-state index in [1.807, 2.05) is 4.90 Å². The van der Waals surface area contributed by atoms with Crippen LogP contribution in [0.2, 0.25) is 0 Å². The van der Waals surface area contributed by atoms with E-state index in [1.54, 1.807) is 12.1 Å². The van der Waals surface area contributed by atoms with Gasteiger partial charge in [0.1, 0.15) is 11.9 Å². The molecule has 5 nitrogen and oxygen atoms in total. The number of rotatable bonds is 5. The molecule has 0 spiro atoms. The molecule has 1 aromatic rings. The molecule has 1 amide bonds. The van der Waals surface area contributed by atoms with Crippen LogP contribution < -0.4 is 5.32 Å². The topological polar surface area (TPSA) is 69.6 Å². The van der Waals surface area contributed by atoms with Crippen LogP contribution in [0, 0.1) is 17.2 Å². The standard InChI is InChI=1S/C19H23FN2O3.ClH/c20-14-5-3-12(4-6-14)16(17(23)21-15-7-8-15)22-10-13-2-1-9-19(13,11-22)18(24)25;/h3-6,13,15-16H,1-2,7-11H2,(H,21,23)(H,24,25);1H/t13-,16?,19+;/m0./s1. The first-order chi connectivity index (χ1) is 12.0. The molecule has 1 heterocycles. The smallest absolute Gasteiger partial charge is 0.311 e. The molecule has 1 unspecified atom stereocenters. The summed E-state index contributed by atoms with van der Waals surface area (Å²) in [7, 11) is 0. The fourth-order valence-corrected chi connectivity index (χ4v) is 4.56. The highest BCUT2D eigenvalue weighted by Crippen LogP contribution is 2.50. The van der Waals surface area contributed by atoms with E-state index >= 15 is 0 Å². The molecular weight excluding hydrogens is 359 g/mol. The van der Waals surface area contributed by atoms with Crippen molar-refractivity contribution in [3.05, 3.63) is 35.6 Å². The van der Waals surface area contributed by atoms with Crippen LogP contribution in [-0.2, 0) is 9.59 Å². The normalized spacial score (nSPS) is 28.9. The molecule has 1 aromatic carbocycles. The monoisotopic (exact) mass is 382 g/mol. The molecule has 1 saturated heterocycles. The minimum atomic E-state index is -0.752. The zero-order valence-electron chi connectivity index (χ0n) is 14.5. The Labute approximate surface area is 158 Å². The second-order valence-corrected chi connectivity index (χ2v) is 7.72. The highest BCUT2D eigenvalue weighted by atomic mass is 35.5. The van der Waals surface area contributed by atoms with Gasteiger partial charge in [0.05, 0.1) is 5.41 Å². The fourth-order valence-electron chi connectivity index (χ4n) is 4.56. The maximum Gasteiger partial charge on any atom is 0.311 e. The molecule has 4 rings (SSSR count). The van der Waals surface area contributed by atoms with E-state index < -0.39 is 17.4 Å². The highest BCUT2D eigenvalue weighted by molar-refractivity contribution is 5.85. The van der Waals surface area contributed by atoms with Gasteiger partial charge in [0.25, 0.3) is 0 Å². The number of halogens is 2. The maximum absolute atomic E-state index is 13.3. The van der Waals surface area contributed by atoms with Gasteiger partial charge in [-0.1, -0.05) is 18.6 Å². The summed E-state index contributed by atoms with van der Waals surface area (Å²) >= 11 is 0. The molecule has 3 aliphatic rings. The lowest BCUT2D eigenvalue weighted by atomic mass is 9.81. The summed E-state index contributed by atoms with van der Waals surface area (Å²) in [6, 6.07) is 5.66. The summed E-state index contributed by atoms with van der Waals surface area (Å²) in [5.41, 5.74) is -0.0157. The lowest BCUT2D eigenvalue weighted by Gasteiger charge is -2.29. The van der Waals surface area contributed by atoms with Crippen molar-refractivity contribution in [2.45, 2.75) is 44.2 Å². The summed E-state index contributed by atoms with van der Waals surface area (Å²) in [5.74, 6) is -1.11. The van der Waals surface area contributed by atoms with Crippen molar-refractivity contribution in [2.24, 2.45) is 11.3 Å². The van der Waals surface area contributed by atoms with Gasteiger partial charge in [-0.2, -0.15) is 0 Å². The number of carbonyl (C=O) groups is 2. The Morgan fingerprint density at radius 2 is 1.92 bits per heavy atom. The third-order valence-corrected chi connectivity index (χ3v) is 6.05. The fraction of sp³-hybridized carbons (Fsp3) is 0.579. The number of hydrogen-bond donors (Lipinski definition) is 2. The molecule has 142 valence electrons. The Kier molecular flexibility index (Phi) is 5.26.